The fourth-order valence-electron chi connectivity index (χ4n) is 4.43. The number of rotatable bonds is 4. The fourth-order valence-corrected chi connectivity index (χ4v) is 4.43. The van der Waals surface area contributed by atoms with Gasteiger partial charge in [-0.3, -0.25) is 4.90 Å². The van der Waals surface area contributed by atoms with Crippen LogP contribution in [0.1, 0.15) is 29.5 Å². The van der Waals surface area contributed by atoms with E-state index in [9.17, 15) is 4.39 Å². The predicted molar refractivity (Wildman–Crippen MR) is 116 cm³/mol. The highest BCUT2D eigenvalue weighted by atomic mass is 19.1. The summed E-state index contributed by atoms with van der Waals surface area (Å²) in [6.07, 6.45) is 3.87. The lowest BCUT2D eigenvalue weighted by atomic mass is 9.98. The number of halogens is 1. The standard InChI is InChI=1S/C24H28FN5/c1-18-5-6-20(14-22(18)25)17-30-9-3-4-23(19(30)2)28-10-12-29(13-11-28)24-8-7-21(15-26)16-27-24/h5-8,14,16,23H,2-4,9-13,17H2,1H3. The fraction of sp³-hybridized carbons (Fsp3) is 0.417. The Morgan fingerprint density at radius 1 is 1.17 bits per heavy atom. The third kappa shape index (κ3) is 4.31. The number of piperidine rings is 1. The van der Waals surface area contributed by atoms with E-state index in [4.69, 9.17) is 5.26 Å². The van der Waals surface area contributed by atoms with Crippen LogP contribution in [-0.2, 0) is 6.54 Å². The van der Waals surface area contributed by atoms with Crippen LogP contribution in [0.15, 0.2) is 48.8 Å². The lowest BCUT2D eigenvalue weighted by Crippen LogP contribution is -2.54. The van der Waals surface area contributed by atoms with Crippen molar-refractivity contribution in [3.8, 4) is 6.07 Å². The molecule has 2 fully saturated rings. The molecule has 0 amide bonds. The second-order valence-corrected chi connectivity index (χ2v) is 8.19. The number of aromatic nitrogens is 1. The number of nitrogens with zero attached hydrogens (tertiary/aromatic N) is 5. The zero-order chi connectivity index (χ0) is 21.1. The van der Waals surface area contributed by atoms with Gasteiger partial charge in [-0.15, -0.1) is 0 Å². The van der Waals surface area contributed by atoms with Crippen LogP contribution in [0.5, 0.6) is 0 Å². The summed E-state index contributed by atoms with van der Waals surface area (Å²) in [4.78, 5) is 11.5. The molecule has 0 N–H and O–H groups in total. The van der Waals surface area contributed by atoms with Crippen molar-refractivity contribution >= 4 is 5.82 Å². The molecule has 2 aliphatic heterocycles. The van der Waals surface area contributed by atoms with Crippen molar-refractivity contribution < 1.29 is 4.39 Å². The number of anilines is 1. The highest BCUT2D eigenvalue weighted by molar-refractivity contribution is 5.42. The quantitative estimate of drug-likeness (QED) is 0.776. The van der Waals surface area contributed by atoms with Crippen LogP contribution in [0.4, 0.5) is 10.2 Å². The van der Waals surface area contributed by atoms with Gasteiger partial charge in [0.05, 0.1) is 5.56 Å². The van der Waals surface area contributed by atoms with Crippen molar-refractivity contribution in [3.05, 3.63) is 71.3 Å². The molecule has 2 saturated heterocycles. The number of piperazine rings is 1. The van der Waals surface area contributed by atoms with E-state index in [0.29, 0.717) is 23.7 Å². The Balaban J connectivity index is 1.36. The number of hydrogen-bond acceptors (Lipinski definition) is 5. The van der Waals surface area contributed by atoms with Gasteiger partial charge < -0.3 is 9.80 Å². The topological polar surface area (TPSA) is 46.4 Å². The average Bonchev–Trinajstić information content (AvgIpc) is 2.78. The van der Waals surface area contributed by atoms with Crippen LogP contribution >= 0.6 is 0 Å². The molecule has 30 heavy (non-hydrogen) atoms. The van der Waals surface area contributed by atoms with Crippen LogP contribution in [0, 0.1) is 24.1 Å². The third-order valence-corrected chi connectivity index (χ3v) is 6.26. The molecule has 0 saturated carbocycles. The molecule has 2 aliphatic rings. The summed E-state index contributed by atoms with van der Waals surface area (Å²) in [5, 5.41) is 8.94. The van der Waals surface area contributed by atoms with Crippen LogP contribution < -0.4 is 4.90 Å². The van der Waals surface area contributed by atoms with Gasteiger partial charge in [0.25, 0.3) is 0 Å². The minimum atomic E-state index is -0.140. The van der Waals surface area contributed by atoms with Gasteiger partial charge in [-0.25, -0.2) is 9.37 Å². The Kier molecular flexibility index (Phi) is 6.01. The van der Waals surface area contributed by atoms with Gasteiger partial charge in [0, 0.05) is 57.2 Å². The molecule has 1 unspecified atom stereocenters. The van der Waals surface area contributed by atoms with Crippen LogP contribution in [0.3, 0.4) is 0 Å². The summed E-state index contributed by atoms with van der Waals surface area (Å²) < 4.78 is 13.9. The normalized spacial score (nSPS) is 20.3. The molecule has 0 spiro atoms. The Morgan fingerprint density at radius 2 is 1.97 bits per heavy atom. The first-order valence-corrected chi connectivity index (χ1v) is 10.6. The summed E-state index contributed by atoms with van der Waals surface area (Å²) >= 11 is 0. The first-order valence-electron chi connectivity index (χ1n) is 10.6. The van der Waals surface area contributed by atoms with Gasteiger partial charge >= 0.3 is 0 Å². The zero-order valence-electron chi connectivity index (χ0n) is 17.5. The van der Waals surface area contributed by atoms with E-state index in [1.165, 1.54) is 0 Å². The number of benzene rings is 1. The number of nitriles is 1. The zero-order valence-corrected chi connectivity index (χ0v) is 17.5. The maximum absolute atomic E-state index is 13.9. The van der Waals surface area contributed by atoms with E-state index >= 15 is 0 Å². The monoisotopic (exact) mass is 405 g/mol. The van der Waals surface area contributed by atoms with Gasteiger partial charge in [0.15, 0.2) is 0 Å². The molecular weight excluding hydrogens is 377 g/mol. The molecule has 3 heterocycles. The van der Waals surface area contributed by atoms with Crippen molar-refractivity contribution in [2.45, 2.75) is 32.4 Å². The maximum Gasteiger partial charge on any atom is 0.128 e. The van der Waals surface area contributed by atoms with Crippen molar-refractivity contribution in [1.29, 1.82) is 5.26 Å². The molecular formula is C24H28FN5. The first-order chi connectivity index (χ1) is 14.5. The van der Waals surface area contributed by atoms with Crippen molar-refractivity contribution in [2.75, 3.05) is 37.6 Å². The molecule has 1 aromatic heterocycles. The number of likely N-dealkylation sites (tertiary alicyclic amines) is 1. The number of aryl methyl sites for hydroxylation is 1. The molecule has 6 heteroatoms. The molecule has 1 aromatic carbocycles. The van der Waals surface area contributed by atoms with Gasteiger partial charge in [-0.2, -0.15) is 5.26 Å². The number of hydrogen-bond donors (Lipinski definition) is 0. The molecule has 0 radical (unpaired) electrons. The largest absolute Gasteiger partial charge is 0.370 e. The molecule has 1 atom stereocenters. The highest BCUT2D eigenvalue weighted by Gasteiger charge is 2.31. The summed E-state index contributed by atoms with van der Waals surface area (Å²) in [6.45, 7) is 11.6. The smallest absolute Gasteiger partial charge is 0.128 e. The van der Waals surface area contributed by atoms with E-state index in [2.05, 4.69) is 32.3 Å². The molecule has 2 aromatic rings. The number of pyridine rings is 1. The Morgan fingerprint density at radius 3 is 2.63 bits per heavy atom. The second kappa shape index (κ2) is 8.85. The van der Waals surface area contributed by atoms with Gasteiger partial charge in [0.1, 0.15) is 17.7 Å². The Labute approximate surface area is 178 Å². The minimum Gasteiger partial charge on any atom is -0.370 e. The highest BCUT2D eigenvalue weighted by Crippen LogP contribution is 2.28. The molecule has 156 valence electrons. The van der Waals surface area contributed by atoms with Gasteiger partial charge in [-0.1, -0.05) is 18.7 Å². The molecule has 4 rings (SSSR count). The van der Waals surface area contributed by atoms with Crippen LogP contribution in [0.25, 0.3) is 0 Å². The van der Waals surface area contributed by atoms with E-state index in [-0.39, 0.29) is 5.82 Å². The van der Waals surface area contributed by atoms with Crippen molar-refractivity contribution in [3.63, 3.8) is 0 Å². The lowest BCUT2D eigenvalue weighted by Gasteiger charge is -2.45. The SMILES string of the molecule is C=C1C(N2CCN(c3ccc(C#N)cn3)CC2)CCCN1Cc1ccc(C)c(F)c1. The van der Waals surface area contributed by atoms with Gasteiger partial charge in [-0.05, 0) is 49.1 Å². The summed E-state index contributed by atoms with van der Waals surface area (Å²) in [6, 6.07) is 11.7. The first kappa shape index (κ1) is 20.4. The summed E-state index contributed by atoms with van der Waals surface area (Å²) in [5.41, 5.74) is 3.41. The van der Waals surface area contributed by atoms with Crippen molar-refractivity contribution in [2.24, 2.45) is 0 Å². The molecule has 5 nitrogen and oxygen atoms in total. The maximum atomic E-state index is 13.9. The second-order valence-electron chi connectivity index (χ2n) is 8.19. The third-order valence-electron chi connectivity index (χ3n) is 6.26. The van der Waals surface area contributed by atoms with E-state index in [1.54, 1.807) is 19.2 Å². The van der Waals surface area contributed by atoms with E-state index in [0.717, 1.165) is 62.6 Å². The van der Waals surface area contributed by atoms with E-state index in [1.807, 2.05) is 24.3 Å². The Hall–Kier alpha value is -2.91. The van der Waals surface area contributed by atoms with Gasteiger partial charge in [0.2, 0.25) is 0 Å². The van der Waals surface area contributed by atoms with Crippen LogP contribution in [0.2, 0.25) is 0 Å². The lowest BCUT2D eigenvalue weighted by molar-refractivity contribution is 0.133. The summed E-state index contributed by atoms with van der Waals surface area (Å²) in [7, 11) is 0. The predicted octanol–water partition coefficient (Wildman–Crippen LogP) is 3.70. The molecule has 0 bridgehead atoms. The average molecular weight is 406 g/mol. The molecule has 0 aliphatic carbocycles. The van der Waals surface area contributed by atoms with Crippen molar-refractivity contribution in [1.82, 2.24) is 14.8 Å². The van der Waals surface area contributed by atoms with E-state index < -0.39 is 0 Å². The summed E-state index contributed by atoms with van der Waals surface area (Å²) in [5.74, 6) is 0.790. The Bertz CT molecular complexity index is 941. The minimum absolute atomic E-state index is 0.140. The van der Waals surface area contributed by atoms with Crippen LogP contribution in [-0.4, -0.2) is 53.5 Å².